The summed E-state index contributed by atoms with van der Waals surface area (Å²) in [7, 11) is 1.98. The summed E-state index contributed by atoms with van der Waals surface area (Å²) in [5, 5.41) is 0. The summed E-state index contributed by atoms with van der Waals surface area (Å²) in [4.78, 5) is 0. The predicted molar refractivity (Wildman–Crippen MR) is 38.7 cm³/mol. The van der Waals surface area contributed by atoms with Crippen molar-refractivity contribution in [3.8, 4) is 0 Å². The zero-order chi connectivity index (χ0) is 5.82. The Bertz CT molecular complexity index is 158. The number of hydrogen-bond donors (Lipinski definition) is 0. The van der Waals surface area contributed by atoms with E-state index in [1.165, 1.54) is 11.6 Å². The minimum Gasteiger partial charge on any atom is -1.00 e. The Balaban J connectivity index is -0.000000213. The first kappa shape index (κ1) is 17.8. The summed E-state index contributed by atoms with van der Waals surface area (Å²) in [5.74, 6) is 0. The Morgan fingerprint density at radius 2 is 1.45 bits per heavy atom. The van der Waals surface area contributed by atoms with E-state index in [0.717, 1.165) is 0 Å². The second kappa shape index (κ2) is 10.9. The fourth-order valence-electron chi connectivity index (χ4n) is 0.645. The van der Waals surface area contributed by atoms with Gasteiger partial charge in [0.05, 0.1) is 0 Å². The van der Waals surface area contributed by atoms with Crippen LogP contribution in [0.2, 0.25) is 0 Å². The normalized spacial score (nSPS) is 6.64. The second-order valence-corrected chi connectivity index (χ2v) is 2.24. The summed E-state index contributed by atoms with van der Waals surface area (Å²) in [6, 6.07) is 11.6. The molecule has 0 aromatic heterocycles. The van der Waals surface area contributed by atoms with Gasteiger partial charge in [-0.2, -0.15) is 0 Å². The van der Waals surface area contributed by atoms with E-state index >= 15 is 0 Å². The Morgan fingerprint density at radius 1 is 1.00 bits per heavy atom. The van der Waals surface area contributed by atoms with Crippen LogP contribution in [0.3, 0.4) is 0 Å². The van der Waals surface area contributed by atoms with Crippen LogP contribution in [0, 0.1) is 0 Å². The average molecular weight is 371 g/mol. The molecule has 1 aromatic rings. The Kier molecular flexibility index (Phi) is 17.7. The first-order valence-electron chi connectivity index (χ1n) is 2.76. The van der Waals surface area contributed by atoms with Crippen LogP contribution in [-0.2, 0) is 31.9 Å². The van der Waals surface area contributed by atoms with E-state index in [1.54, 1.807) is 0 Å². The smallest absolute Gasteiger partial charge is 0.0138 e. The van der Waals surface area contributed by atoms with Crippen molar-refractivity contribution in [1.82, 2.24) is 0 Å². The van der Waals surface area contributed by atoms with Crippen molar-refractivity contribution in [1.29, 1.82) is 0 Å². The first-order chi connectivity index (χ1) is 3.93. The van der Waals surface area contributed by atoms with Crippen LogP contribution in [-0.4, -0.2) is 10.2 Å². The molecule has 0 bridgehead atoms. The molecule has 0 atom stereocenters. The molecule has 0 saturated carbocycles. The molecule has 0 fully saturated rings. The quantitative estimate of drug-likeness (QED) is 0.434. The molecule has 1 aromatic carbocycles. The van der Waals surface area contributed by atoms with Gasteiger partial charge < -0.3 is 24.8 Å². The third-order valence-electron chi connectivity index (χ3n) is 1.13. The molecule has 0 aliphatic heterocycles. The SMILES string of the molecule is [Cl-].[Cl-].[Hf].[SiH2]Cc1ccccc1. The van der Waals surface area contributed by atoms with Gasteiger partial charge in [0.15, 0.2) is 0 Å². The van der Waals surface area contributed by atoms with Crippen LogP contribution >= 0.6 is 0 Å². The van der Waals surface area contributed by atoms with Crippen LogP contribution in [0.25, 0.3) is 0 Å². The van der Waals surface area contributed by atoms with Crippen LogP contribution in [0.1, 0.15) is 5.56 Å². The zero-order valence-electron chi connectivity index (χ0n) is 6.06. The fraction of sp³-hybridized carbons (Fsp3) is 0.143. The number of hydrogen-bond acceptors (Lipinski definition) is 0. The van der Waals surface area contributed by atoms with Gasteiger partial charge in [0.2, 0.25) is 0 Å². The van der Waals surface area contributed by atoms with Gasteiger partial charge in [0, 0.05) is 36.1 Å². The van der Waals surface area contributed by atoms with Gasteiger partial charge in [-0.15, -0.1) is 0 Å². The predicted octanol–water partition coefficient (Wildman–Crippen LogP) is -5.17. The fourth-order valence-corrected chi connectivity index (χ4v) is 0.978. The van der Waals surface area contributed by atoms with E-state index in [1.807, 2.05) is 16.3 Å². The Morgan fingerprint density at radius 3 is 1.73 bits per heavy atom. The van der Waals surface area contributed by atoms with Gasteiger partial charge in [0.25, 0.3) is 0 Å². The molecule has 0 saturated heterocycles. The Labute approximate surface area is 102 Å². The van der Waals surface area contributed by atoms with E-state index in [4.69, 9.17) is 0 Å². The summed E-state index contributed by atoms with van der Waals surface area (Å²) in [6.45, 7) is 0. The minimum absolute atomic E-state index is 0. The largest absolute Gasteiger partial charge is 1.00 e. The molecule has 0 aliphatic rings. The molecule has 1 radical (unpaired) electrons. The van der Waals surface area contributed by atoms with E-state index in [9.17, 15) is 0 Å². The van der Waals surface area contributed by atoms with Gasteiger partial charge in [0.1, 0.15) is 0 Å². The molecule has 11 heavy (non-hydrogen) atoms. The van der Waals surface area contributed by atoms with Crippen molar-refractivity contribution >= 4 is 10.2 Å². The molecule has 0 amide bonds. The molecule has 0 unspecified atom stereocenters. The number of benzene rings is 1. The van der Waals surface area contributed by atoms with E-state index in [0.29, 0.717) is 0 Å². The van der Waals surface area contributed by atoms with Crippen molar-refractivity contribution in [3.05, 3.63) is 35.9 Å². The molecule has 0 nitrogen and oxygen atoms in total. The van der Waals surface area contributed by atoms with Crippen molar-refractivity contribution in [3.63, 3.8) is 0 Å². The summed E-state index contributed by atoms with van der Waals surface area (Å²) >= 11 is 0. The second-order valence-electron chi connectivity index (χ2n) is 1.74. The van der Waals surface area contributed by atoms with Crippen LogP contribution in [0.15, 0.2) is 30.3 Å². The summed E-state index contributed by atoms with van der Waals surface area (Å²) in [6.07, 6.45) is 0. The third-order valence-corrected chi connectivity index (χ3v) is 1.71. The average Bonchev–Trinajstić information content (AvgIpc) is 1.90. The van der Waals surface area contributed by atoms with Crippen molar-refractivity contribution in [2.24, 2.45) is 0 Å². The molecule has 61 valence electrons. The van der Waals surface area contributed by atoms with Crippen LogP contribution < -0.4 is 24.8 Å². The number of halogens is 2. The van der Waals surface area contributed by atoms with E-state index < -0.39 is 0 Å². The molecule has 0 aliphatic carbocycles. The van der Waals surface area contributed by atoms with Gasteiger partial charge in [-0.3, -0.25) is 0 Å². The van der Waals surface area contributed by atoms with Crippen molar-refractivity contribution in [2.75, 3.05) is 0 Å². The summed E-state index contributed by atoms with van der Waals surface area (Å²) < 4.78 is 0. The zero-order valence-corrected chi connectivity index (χ0v) is 12.6. The third kappa shape index (κ3) is 7.25. The molecule has 0 spiro atoms. The standard InChI is InChI=1S/C7H9Si.2ClH.Hf/c8-6-7-4-2-1-3-5-7;;;/h1-5H,6,8H2;2*1H;/p-2. The van der Waals surface area contributed by atoms with E-state index in [2.05, 4.69) is 24.3 Å². The van der Waals surface area contributed by atoms with Gasteiger partial charge >= 0.3 is 0 Å². The molecule has 0 heterocycles. The van der Waals surface area contributed by atoms with Crippen LogP contribution in [0.4, 0.5) is 0 Å². The maximum atomic E-state index is 2.15. The molecular weight excluding hydrogens is 362 g/mol. The number of rotatable bonds is 1. The minimum atomic E-state index is 0. The van der Waals surface area contributed by atoms with Gasteiger partial charge in [-0.1, -0.05) is 35.9 Å². The van der Waals surface area contributed by atoms with E-state index in [-0.39, 0.29) is 50.7 Å². The monoisotopic (exact) mass is 371 g/mol. The molecular formula is C7H9Cl2HfSi-2. The topological polar surface area (TPSA) is 0 Å². The Hall–Kier alpha value is 0.887. The summed E-state index contributed by atoms with van der Waals surface area (Å²) in [5.41, 5.74) is 1.42. The molecule has 4 heteroatoms. The van der Waals surface area contributed by atoms with Gasteiger partial charge in [-0.25, -0.2) is 0 Å². The first-order valence-corrected chi connectivity index (χ1v) is 3.76. The van der Waals surface area contributed by atoms with Crippen molar-refractivity contribution < 1.29 is 50.7 Å². The van der Waals surface area contributed by atoms with Crippen LogP contribution in [0.5, 0.6) is 0 Å². The maximum Gasteiger partial charge on any atom is 0.0138 e. The molecule has 0 N–H and O–H groups in total. The van der Waals surface area contributed by atoms with Gasteiger partial charge in [-0.05, 0) is 6.04 Å². The molecule has 1 rings (SSSR count). The maximum absolute atomic E-state index is 2.15. The van der Waals surface area contributed by atoms with Crippen molar-refractivity contribution in [2.45, 2.75) is 6.04 Å².